The Morgan fingerprint density at radius 1 is 1.06 bits per heavy atom. The van der Waals surface area contributed by atoms with Crippen molar-refractivity contribution in [2.24, 2.45) is 17.6 Å². The lowest BCUT2D eigenvalue weighted by molar-refractivity contribution is -0.148. The third kappa shape index (κ3) is 4.43. The van der Waals surface area contributed by atoms with Gasteiger partial charge in [0.25, 0.3) is 0 Å². The maximum atomic E-state index is 12.4. The van der Waals surface area contributed by atoms with Gasteiger partial charge in [-0.25, -0.2) is 0 Å². The molecule has 18 heavy (non-hydrogen) atoms. The van der Waals surface area contributed by atoms with Gasteiger partial charge in [-0.05, 0) is 31.1 Å². The van der Waals surface area contributed by atoms with Gasteiger partial charge in [-0.3, -0.25) is 0 Å². The summed E-state index contributed by atoms with van der Waals surface area (Å²) in [5.74, 6) is 0.372. The van der Waals surface area contributed by atoms with E-state index < -0.39 is 12.6 Å². The van der Waals surface area contributed by atoms with E-state index in [4.69, 9.17) is 5.73 Å². The Hall–Kier alpha value is -0.290. The van der Waals surface area contributed by atoms with Crippen molar-refractivity contribution in [3.8, 4) is 0 Å². The number of piperidine rings is 1. The molecule has 2 aliphatic rings. The zero-order valence-corrected chi connectivity index (χ0v) is 10.8. The second kappa shape index (κ2) is 5.78. The summed E-state index contributed by atoms with van der Waals surface area (Å²) in [5, 5.41) is 0. The largest absolute Gasteiger partial charge is 0.389 e. The molecular weight excluding hydrogens is 241 g/mol. The van der Waals surface area contributed by atoms with Crippen molar-refractivity contribution in [1.29, 1.82) is 0 Å². The molecule has 1 aliphatic heterocycles. The molecule has 2 nitrogen and oxygen atoms in total. The van der Waals surface area contributed by atoms with Crippen LogP contribution in [0.4, 0.5) is 13.2 Å². The first-order valence-electron chi connectivity index (χ1n) is 6.97. The molecule has 2 rings (SSSR count). The molecule has 5 heteroatoms. The second-order valence-corrected chi connectivity index (χ2v) is 6.05. The molecule has 1 saturated carbocycles. The summed E-state index contributed by atoms with van der Waals surface area (Å²) in [5.41, 5.74) is 5.90. The summed E-state index contributed by atoms with van der Waals surface area (Å²) in [6.45, 7) is 2.29. The Labute approximate surface area is 107 Å². The van der Waals surface area contributed by atoms with Crippen LogP contribution in [0, 0.1) is 11.8 Å². The van der Waals surface area contributed by atoms with E-state index in [0.29, 0.717) is 18.9 Å². The standard InChI is InChI=1S/C13H23F3N2/c14-13(15,16)6-11-5-12(17)9-18(8-11)7-10-3-1-2-4-10/h10-12H,1-9,17H2. The SMILES string of the molecule is NC1CC(CC(F)(F)F)CN(CC2CCCC2)C1. The molecule has 0 aromatic rings. The van der Waals surface area contributed by atoms with E-state index in [2.05, 4.69) is 4.90 Å². The molecule has 2 fully saturated rings. The first kappa shape index (κ1) is 14.1. The molecule has 0 radical (unpaired) electrons. The average Bonchev–Trinajstić information content (AvgIpc) is 2.66. The van der Waals surface area contributed by atoms with Crippen LogP contribution in [-0.4, -0.2) is 36.8 Å². The van der Waals surface area contributed by atoms with Crippen LogP contribution >= 0.6 is 0 Å². The van der Waals surface area contributed by atoms with Crippen molar-refractivity contribution in [3.63, 3.8) is 0 Å². The Morgan fingerprint density at radius 2 is 1.72 bits per heavy atom. The van der Waals surface area contributed by atoms with Crippen molar-refractivity contribution in [2.45, 2.75) is 50.7 Å². The molecule has 0 aromatic carbocycles. The topological polar surface area (TPSA) is 29.3 Å². The highest BCUT2D eigenvalue weighted by molar-refractivity contribution is 4.84. The van der Waals surface area contributed by atoms with E-state index in [0.717, 1.165) is 13.1 Å². The van der Waals surface area contributed by atoms with Gasteiger partial charge in [0.05, 0.1) is 0 Å². The maximum Gasteiger partial charge on any atom is 0.389 e. The monoisotopic (exact) mass is 264 g/mol. The number of alkyl halides is 3. The summed E-state index contributed by atoms with van der Waals surface area (Å²) >= 11 is 0. The van der Waals surface area contributed by atoms with Crippen molar-refractivity contribution >= 4 is 0 Å². The van der Waals surface area contributed by atoms with Crippen molar-refractivity contribution in [2.75, 3.05) is 19.6 Å². The molecule has 2 unspecified atom stereocenters. The van der Waals surface area contributed by atoms with Gasteiger partial charge in [-0.2, -0.15) is 13.2 Å². The summed E-state index contributed by atoms with van der Waals surface area (Å²) in [6, 6.07) is -0.0903. The first-order valence-corrected chi connectivity index (χ1v) is 6.97. The normalized spacial score (nSPS) is 32.0. The lowest BCUT2D eigenvalue weighted by atomic mass is 9.91. The number of likely N-dealkylation sites (tertiary alicyclic amines) is 1. The van der Waals surface area contributed by atoms with Crippen molar-refractivity contribution in [1.82, 2.24) is 4.90 Å². The quantitative estimate of drug-likeness (QED) is 0.849. The van der Waals surface area contributed by atoms with Crippen LogP contribution in [0.3, 0.4) is 0 Å². The van der Waals surface area contributed by atoms with Crippen molar-refractivity contribution < 1.29 is 13.2 Å². The molecule has 2 N–H and O–H groups in total. The lowest BCUT2D eigenvalue weighted by Gasteiger charge is -2.37. The Balaban J connectivity index is 1.83. The van der Waals surface area contributed by atoms with Crippen LogP contribution in [-0.2, 0) is 0 Å². The molecule has 0 aromatic heterocycles. The maximum absolute atomic E-state index is 12.4. The Morgan fingerprint density at radius 3 is 2.33 bits per heavy atom. The number of rotatable bonds is 3. The zero-order valence-electron chi connectivity index (χ0n) is 10.8. The number of nitrogens with two attached hydrogens (primary N) is 1. The minimum Gasteiger partial charge on any atom is -0.327 e. The third-order valence-corrected chi connectivity index (χ3v) is 4.16. The minimum atomic E-state index is -4.05. The molecule has 0 spiro atoms. The van der Waals surface area contributed by atoms with Gasteiger partial charge in [0.2, 0.25) is 0 Å². The highest BCUT2D eigenvalue weighted by atomic mass is 19.4. The van der Waals surface area contributed by atoms with E-state index >= 15 is 0 Å². The van der Waals surface area contributed by atoms with E-state index in [1.54, 1.807) is 0 Å². The summed E-state index contributed by atoms with van der Waals surface area (Å²) < 4.78 is 37.3. The van der Waals surface area contributed by atoms with Crippen LogP contribution < -0.4 is 5.73 Å². The molecule has 2 atom stereocenters. The fourth-order valence-corrected chi connectivity index (χ4v) is 3.53. The molecular formula is C13H23F3N2. The predicted molar refractivity (Wildman–Crippen MR) is 65.2 cm³/mol. The average molecular weight is 264 g/mol. The Bertz CT molecular complexity index is 261. The van der Waals surface area contributed by atoms with Crippen LogP contribution in [0.1, 0.15) is 38.5 Å². The first-order chi connectivity index (χ1) is 8.42. The molecule has 1 heterocycles. The Kier molecular flexibility index (Phi) is 4.54. The van der Waals surface area contributed by atoms with E-state index in [1.165, 1.54) is 25.7 Å². The number of hydrogen-bond acceptors (Lipinski definition) is 2. The summed E-state index contributed by atoms with van der Waals surface area (Å²) in [6.07, 6.45) is 0.793. The fraction of sp³-hybridized carbons (Fsp3) is 1.00. The highest BCUT2D eigenvalue weighted by Crippen LogP contribution is 2.31. The summed E-state index contributed by atoms with van der Waals surface area (Å²) in [4.78, 5) is 2.17. The third-order valence-electron chi connectivity index (χ3n) is 4.16. The van der Waals surface area contributed by atoms with Crippen LogP contribution in [0.15, 0.2) is 0 Å². The molecule has 1 aliphatic carbocycles. The van der Waals surface area contributed by atoms with Gasteiger partial charge in [-0.1, -0.05) is 12.8 Å². The van der Waals surface area contributed by atoms with Gasteiger partial charge < -0.3 is 10.6 Å². The summed E-state index contributed by atoms with van der Waals surface area (Å²) in [7, 11) is 0. The van der Waals surface area contributed by atoms with Crippen LogP contribution in [0.25, 0.3) is 0 Å². The number of nitrogens with zero attached hydrogens (tertiary/aromatic N) is 1. The van der Waals surface area contributed by atoms with E-state index in [-0.39, 0.29) is 12.0 Å². The van der Waals surface area contributed by atoms with Gasteiger partial charge in [0, 0.05) is 32.1 Å². The minimum absolute atomic E-state index is 0.0903. The molecule has 0 bridgehead atoms. The fourth-order valence-electron chi connectivity index (χ4n) is 3.53. The molecule has 0 amide bonds. The van der Waals surface area contributed by atoms with Crippen LogP contribution in [0.5, 0.6) is 0 Å². The zero-order chi connectivity index (χ0) is 13.2. The lowest BCUT2D eigenvalue weighted by Crippen LogP contribution is -2.49. The second-order valence-electron chi connectivity index (χ2n) is 6.05. The molecule has 106 valence electrons. The van der Waals surface area contributed by atoms with Crippen LogP contribution in [0.2, 0.25) is 0 Å². The number of halogens is 3. The van der Waals surface area contributed by atoms with Gasteiger partial charge in [0.1, 0.15) is 0 Å². The van der Waals surface area contributed by atoms with Crippen molar-refractivity contribution in [3.05, 3.63) is 0 Å². The van der Waals surface area contributed by atoms with Gasteiger partial charge >= 0.3 is 6.18 Å². The molecule has 1 saturated heterocycles. The van der Waals surface area contributed by atoms with Gasteiger partial charge in [-0.15, -0.1) is 0 Å². The van der Waals surface area contributed by atoms with E-state index in [1.807, 2.05) is 0 Å². The van der Waals surface area contributed by atoms with Gasteiger partial charge in [0.15, 0.2) is 0 Å². The smallest absolute Gasteiger partial charge is 0.327 e. The number of hydrogen-bond donors (Lipinski definition) is 1. The van der Waals surface area contributed by atoms with E-state index in [9.17, 15) is 13.2 Å². The predicted octanol–water partition coefficient (Wildman–Crippen LogP) is 2.78. The highest BCUT2D eigenvalue weighted by Gasteiger charge is 2.36.